The highest BCUT2D eigenvalue weighted by Crippen LogP contribution is 2.31. The van der Waals surface area contributed by atoms with Crippen LogP contribution in [0.5, 0.6) is 0 Å². The fourth-order valence-corrected chi connectivity index (χ4v) is 3.63. The van der Waals surface area contributed by atoms with Gasteiger partial charge in [-0.15, -0.1) is 0 Å². The van der Waals surface area contributed by atoms with Gasteiger partial charge in [-0.2, -0.15) is 0 Å². The van der Waals surface area contributed by atoms with Crippen LogP contribution in [0.25, 0.3) is 0 Å². The molecule has 2 aromatic rings. The minimum Gasteiger partial charge on any atom is -0.377 e. The van der Waals surface area contributed by atoms with Gasteiger partial charge in [0, 0.05) is 62.8 Å². The fraction of sp³-hybridized carbons (Fsp3) is 0.476. The second-order valence-corrected chi connectivity index (χ2v) is 7.89. The van der Waals surface area contributed by atoms with Crippen LogP contribution in [0, 0.1) is 10.1 Å². The number of anilines is 2. The van der Waals surface area contributed by atoms with Gasteiger partial charge in [-0.05, 0) is 44.0 Å². The number of nitro benzene ring substituents is 1. The lowest BCUT2D eigenvalue weighted by atomic mass is 10.1. The molecule has 2 fully saturated rings. The molecule has 10 heteroatoms. The van der Waals surface area contributed by atoms with Crippen molar-refractivity contribution in [1.29, 1.82) is 0 Å². The van der Waals surface area contributed by atoms with E-state index in [1.807, 2.05) is 6.07 Å². The molecule has 10 nitrogen and oxygen atoms in total. The number of benzene rings is 1. The van der Waals surface area contributed by atoms with Gasteiger partial charge in [0.2, 0.25) is 5.95 Å². The van der Waals surface area contributed by atoms with Gasteiger partial charge in [-0.3, -0.25) is 19.8 Å². The van der Waals surface area contributed by atoms with Crippen molar-refractivity contribution in [3.8, 4) is 0 Å². The standard InChI is InChI=1S/C21H27N7O3/c29-20(16-3-6-18(25-17-4-5-17)19(15-16)28(30)31)22-9-2-10-26-11-13-27(14-12-26)21-23-7-1-8-24-21/h1,3,6-8,15,17,25H,2,4-5,9-14H2,(H,22,29). The number of carbonyl (C=O) groups is 1. The summed E-state index contributed by atoms with van der Waals surface area (Å²) in [7, 11) is 0. The number of hydrogen-bond donors (Lipinski definition) is 2. The van der Waals surface area contributed by atoms with Crippen molar-refractivity contribution in [2.45, 2.75) is 25.3 Å². The van der Waals surface area contributed by atoms with Crippen LogP contribution >= 0.6 is 0 Å². The molecular formula is C21H27N7O3. The molecular weight excluding hydrogens is 398 g/mol. The van der Waals surface area contributed by atoms with Crippen LogP contribution in [-0.4, -0.2) is 71.0 Å². The van der Waals surface area contributed by atoms with Crippen LogP contribution in [0.1, 0.15) is 29.6 Å². The normalized spacial score (nSPS) is 16.7. The highest BCUT2D eigenvalue weighted by Gasteiger charge is 2.25. The first-order chi connectivity index (χ1) is 15.1. The maximum atomic E-state index is 12.4. The van der Waals surface area contributed by atoms with Crippen LogP contribution < -0.4 is 15.5 Å². The Labute approximate surface area is 180 Å². The molecule has 31 heavy (non-hydrogen) atoms. The molecule has 0 radical (unpaired) electrons. The Morgan fingerprint density at radius 1 is 1.16 bits per heavy atom. The molecule has 164 valence electrons. The monoisotopic (exact) mass is 425 g/mol. The van der Waals surface area contributed by atoms with E-state index in [0.717, 1.165) is 57.9 Å². The molecule has 2 aliphatic rings. The first kappa shape index (κ1) is 21.0. The predicted molar refractivity (Wildman–Crippen MR) is 117 cm³/mol. The third-order valence-electron chi connectivity index (χ3n) is 5.54. The lowest BCUT2D eigenvalue weighted by molar-refractivity contribution is -0.384. The lowest BCUT2D eigenvalue weighted by Gasteiger charge is -2.34. The van der Waals surface area contributed by atoms with Gasteiger partial charge in [0.25, 0.3) is 11.6 Å². The van der Waals surface area contributed by atoms with Crippen LogP contribution in [0.4, 0.5) is 17.3 Å². The first-order valence-corrected chi connectivity index (χ1v) is 10.7. The first-order valence-electron chi connectivity index (χ1n) is 10.7. The number of amides is 1. The maximum Gasteiger partial charge on any atom is 0.293 e. The minimum atomic E-state index is -0.443. The molecule has 0 unspecified atom stereocenters. The summed E-state index contributed by atoms with van der Waals surface area (Å²) in [4.78, 5) is 36.5. The summed E-state index contributed by atoms with van der Waals surface area (Å²) >= 11 is 0. The van der Waals surface area contributed by atoms with E-state index in [9.17, 15) is 14.9 Å². The van der Waals surface area contributed by atoms with E-state index in [4.69, 9.17) is 0 Å². The Morgan fingerprint density at radius 3 is 2.58 bits per heavy atom. The van der Waals surface area contributed by atoms with Gasteiger partial charge in [-0.25, -0.2) is 9.97 Å². The highest BCUT2D eigenvalue weighted by molar-refractivity contribution is 5.95. The molecule has 2 heterocycles. The zero-order chi connectivity index (χ0) is 21.6. The topological polar surface area (TPSA) is 117 Å². The van der Waals surface area contributed by atoms with Gasteiger partial charge < -0.3 is 15.5 Å². The van der Waals surface area contributed by atoms with Crippen molar-refractivity contribution in [2.75, 3.05) is 49.5 Å². The highest BCUT2D eigenvalue weighted by atomic mass is 16.6. The molecule has 1 aromatic heterocycles. The zero-order valence-corrected chi connectivity index (χ0v) is 17.4. The number of nitro groups is 1. The van der Waals surface area contributed by atoms with Crippen molar-refractivity contribution >= 4 is 23.2 Å². The van der Waals surface area contributed by atoms with Gasteiger partial charge in [0.1, 0.15) is 5.69 Å². The molecule has 0 spiro atoms. The summed E-state index contributed by atoms with van der Waals surface area (Å²) in [5.74, 6) is 0.481. The summed E-state index contributed by atoms with van der Waals surface area (Å²) in [5, 5.41) is 17.4. The maximum absolute atomic E-state index is 12.4. The Morgan fingerprint density at radius 2 is 1.90 bits per heavy atom. The van der Waals surface area contributed by atoms with E-state index in [1.165, 1.54) is 6.07 Å². The summed E-state index contributed by atoms with van der Waals surface area (Å²) in [5.41, 5.74) is 0.730. The number of hydrogen-bond acceptors (Lipinski definition) is 8. The Hall–Kier alpha value is -3.27. The Bertz CT molecular complexity index is 912. The third-order valence-corrected chi connectivity index (χ3v) is 5.54. The Balaban J connectivity index is 1.20. The minimum absolute atomic E-state index is 0.0557. The number of nitrogens with zero attached hydrogens (tertiary/aromatic N) is 5. The number of aromatic nitrogens is 2. The zero-order valence-electron chi connectivity index (χ0n) is 17.4. The van der Waals surface area contributed by atoms with E-state index in [1.54, 1.807) is 24.5 Å². The summed E-state index contributed by atoms with van der Waals surface area (Å²) in [6.07, 6.45) is 6.37. The van der Waals surface area contributed by atoms with Crippen LogP contribution in [0.3, 0.4) is 0 Å². The second kappa shape index (κ2) is 9.69. The average Bonchev–Trinajstić information content (AvgIpc) is 3.62. The third kappa shape index (κ3) is 5.66. The largest absolute Gasteiger partial charge is 0.377 e. The van der Waals surface area contributed by atoms with Crippen LogP contribution in [-0.2, 0) is 0 Å². The number of carbonyl (C=O) groups excluding carboxylic acids is 1. The van der Waals surface area contributed by atoms with Crippen molar-refractivity contribution in [2.24, 2.45) is 0 Å². The molecule has 1 saturated carbocycles. The van der Waals surface area contributed by atoms with E-state index in [0.29, 0.717) is 23.8 Å². The summed E-state index contributed by atoms with van der Waals surface area (Å²) < 4.78 is 0. The fourth-order valence-electron chi connectivity index (χ4n) is 3.63. The quantitative estimate of drug-likeness (QED) is 0.355. The van der Waals surface area contributed by atoms with Crippen molar-refractivity contribution < 1.29 is 9.72 Å². The van der Waals surface area contributed by atoms with E-state index in [-0.39, 0.29) is 11.6 Å². The van der Waals surface area contributed by atoms with Gasteiger partial charge in [0.15, 0.2) is 0 Å². The van der Waals surface area contributed by atoms with Crippen LogP contribution in [0.15, 0.2) is 36.7 Å². The van der Waals surface area contributed by atoms with Crippen molar-refractivity contribution in [3.05, 3.63) is 52.3 Å². The smallest absolute Gasteiger partial charge is 0.293 e. The molecule has 1 aliphatic carbocycles. The van der Waals surface area contributed by atoms with Crippen molar-refractivity contribution in [3.63, 3.8) is 0 Å². The van der Waals surface area contributed by atoms with Gasteiger partial charge >= 0.3 is 0 Å². The SMILES string of the molecule is O=C(NCCCN1CCN(c2ncccn2)CC1)c1ccc(NC2CC2)c([N+](=O)[O-])c1. The molecule has 1 aliphatic heterocycles. The molecule has 1 saturated heterocycles. The molecule has 1 amide bonds. The number of rotatable bonds is 9. The predicted octanol–water partition coefficient (Wildman–Crippen LogP) is 1.90. The van der Waals surface area contributed by atoms with E-state index >= 15 is 0 Å². The average molecular weight is 425 g/mol. The Kier molecular flexibility index (Phi) is 6.56. The number of piperazine rings is 1. The van der Waals surface area contributed by atoms with Crippen molar-refractivity contribution in [1.82, 2.24) is 20.2 Å². The van der Waals surface area contributed by atoms with Gasteiger partial charge in [0.05, 0.1) is 4.92 Å². The van der Waals surface area contributed by atoms with Crippen LogP contribution in [0.2, 0.25) is 0 Å². The molecule has 1 aromatic carbocycles. The van der Waals surface area contributed by atoms with Gasteiger partial charge in [-0.1, -0.05) is 0 Å². The second-order valence-electron chi connectivity index (χ2n) is 7.89. The molecule has 4 rings (SSSR count). The summed E-state index contributed by atoms with van der Waals surface area (Å²) in [6, 6.07) is 6.73. The summed E-state index contributed by atoms with van der Waals surface area (Å²) in [6.45, 7) is 5.01. The molecule has 0 atom stereocenters. The molecule has 0 bridgehead atoms. The molecule has 2 N–H and O–H groups in total. The number of nitrogens with one attached hydrogen (secondary N) is 2. The van der Waals surface area contributed by atoms with E-state index in [2.05, 4.69) is 30.4 Å². The van der Waals surface area contributed by atoms with E-state index < -0.39 is 4.92 Å². The lowest BCUT2D eigenvalue weighted by Crippen LogP contribution is -2.47.